The Morgan fingerprint density at radius 3 is 2.42 bits per heavy atom. The first kappa shape index (κ1) is 11.6. The minimum absolute atomic E-state index is 0.885. The van der Waals surface area contributed by atoms with Gasteiger partial charge in [0.25, 0.3) is 0 Å². The second kappa shape index (κ2) is 4.64. The average Bonchev–Trinajstić information content (AvgIpc) is 2.87. The van der Waals surface area contributed by atoms with Gasteiger partial charge in [-0.3, -0.25) is 0 Å². The maximum absolute atomic E-state index is 6.02. The van der Waals surface area contributed by atoms with E-state index in [0.717, 1.165) is 33.4 Å². The number of hydrogen-bond donors (Lipinski definition) is 0. The van der Waals surface area contributed by atoms with Crippen LogP contribution in [0.3, 0.4) is 0 Å². The summed E-state index contributed by atoms with van der Waals surface area (Å²) < 4.78 is 6.02. The molecule has 0 saturated carbocycles. The summed E-state index contributed by atoms with van der Waals surface area (Å²) >= 11 is 0. The van der Waals surface area contributed by atoms with E-state index in [2.05, 4.69) is 30.5 Å². The summed E-state index contributed by atoms with van der Waals surface area (Å²) in [6.45, 7) is 5.77. The van der Waals surface area contributed by atoms with Crippen molar-refractivity contribution in [1.82, 2.24) is 0 Å². The third-order valence-electron chi connectivity index (χ3n) is 3.27. The maximum Gasteiger partial charge on any atom is 0.143 e. The van der Waals surface area contributed by atoms with E-state index in [4.69, 9.17) is 4.42 Å². The highest BCUT2D eigenvalue weighted by Gasteiger charge is 2.16. The van der Waals surface area contributed by atoms with Crippen LogP contribution in [0.25, 0.3) is 27.9 Å². The van der Waals surface area contributed by atoms with Crippen molar-refractivity contribution in [2.24, 2.45) is 0 Å². The Morgan fingerprint density at radius 2 is 1.68 bits per heavy atom. The molecular formula is C18H14O. The molecule has 0 spiro atoms. The van der Waals surface area contributed by atoms with E-state index in [1.54, 1.807) is 0 Å². The van der Waals surface area contributed by atoms with Gasteiger partial charge in [-0.05, 0) is 13.0 Å². The molecule has 1 nitrogen and oxygen atoms in total. The molecule has 0 aliphatic carbocycles. The fourth-order valence-electron chi connectivity index (χ4n) is 2.30. The second-order valence-electron chi connectivity index (χ2n) is 4.47. The summed E-state index contributed by atoms with van der Waals surface area (Å²) in [6.07, 6.45) is 0. The first-order valence-corrected chi connectivity index (χ1v) is 6.25. The Labute approximate surface area is 112 Å². The molecule has 0 aliphatic rings. The van der Waals surface area contributed by atoms with Gasteiger partial charge in [0.15, 0.2) is 0 Å². The number of allylic oxidation sites excluding steroid dienone is 1. The van der Waals surface area contributed by atoms with Crippen LogP contribution in [0.1, 0.15) is 12.5 Å². The van der Waals surface area contributed by atoms with E-state index in [1.165, 1.54) is 0 Å². The number of para-hydroxylation sites is 1. The summed E-state index contributed by atoms with van der Waals surface area (Å²) in [5.41, 5.74) is 7.03. The van der Waals surface area contributed by atoms with Crippen molar-refractivity contribution in [2.75, 3.05) is 0 Å². The molecule has 1 heteroatoms. The van der Waals surface area contributed by atoms with Crippen LogP contribution in [0.5, 0.6) is 0 Å². The van der Waals surface area contributed by atoms with Gasteiger partial charge in [-0.25, -0.2) is 0 Å². The van der Waals surface area contributed by atoms with Crippen LogP contribution in [-0.2, 0) is 0 Å². The van der Waals surface area contributed by atoms with Crippen LogP contribution in [-0.4, -0.2) is 0 Å². The van der Waals surface area contributed by atoms with E-state index in [-0.39, 0.29) is 0 Å². The van der Waals surface area contributed by atoms with Crippen molar-refractivity contribution in [2.45, 2.75) is 6.92 Å². The standard InChI is InChI=1S/C18H14O/c1-3-13(2)17-15-11-7-8-12-16(15)19-18(17)14-9-5-4-6-10-14/h4-12H,1H2,2H3. The molecule has 2 aromatic carbocycles. The highest BCUT2D eigenvalue weighted by Crippen LogP contribution is 2.37. The van der Waals surface area contributed by atoms with Gasteiger partial charge >= 0.3 is 0 Å². The molecule has 0 aliphatic heterocycles. The molecule has 0 amide bonds. The summed E-state index contributed by atoms with van der Waals surface area (Å²) in [6, 6.07) is 18.2. The van der Waals surface area contributed by atoms with Crippen LogP contribution >= 0.6 is 0 Å². The largest absolute Gasteiger partial charge is 0.455 e. The molecule has 3 rings (SSSR count). The fourth-order valence-corrected chi connectivity index (χ4v) is 2.30. The Kier molecular flexibility index (Phi) is 2.83. The van der Waals surface area contributed by atoms with E-state index < -0.39 is 0 Å². The zero-order valence-electron chi connectivity index (χ0n) is 10.8. The number of rotatable bonds is 2. The Bertz CT molecular complexity index is 772. The molecule has 1 aromatic heterocycles. The zero-order valence-corrected chi connectivity index (χ0v) is 10.8. The molecule has 0 fully saturated rings. The van der Waals surface area contributed by atoms with Gasteiger partial charge in [-0.1, -0.05) is 55.1 Å². The molecule has 0 saturated heterocycles. The van der Waals surface area contributed by atoms with Crippen molar-refractivity contribution in [3.8, 4) is 11.3 Å². The Balaban J connectivity index is 2.39. The first-order chi connectivity index (χ1) is 9.31. The summed E-state index contributed by atoms with van der Waals surface area (Å²) in [5.74, 6) is 0.885. The molecule has 0 atom stereocenters. The Morgan fingerprint density at radius 1 is 1.00 bits per heavy atom. The normalized spacial score (nSPS) is 10.4. The van der Waals surface area contributed by atoms with Crippen molar-refractivity contribution >= 4 is 16.5 Å². The van der Waals surface area contributed by atoms with Gasteiger partial charge in [-0.2, -0.15) is 0 Å². The monoisotopic (exact) mass is 246 g/mol. The molecule has 1 heterocycles. The number of furan rings is 1. The van der Waals surface area contributed by atoms with Crippen LogP contribution in [0.2, 0.25) is 0 Å². The quantitative estimate of drug-likeness (QED) is 0.560. The fraction of sp³-hybridized carbons (Fsp3) is 0.0556. The Hall–Kier alpha value is -2.50. The molecule has 0 N–H and O–H groups in total. The van der Waals surface area contributed by atoms with Gasteiger partial charge in [0.05, 0.1) is 0 Å². The third kappa shape index (κ3) is 1.91. The molecule has 0 radical (unpaired) electrons. The van der Waals surface area contributed by atoms with Gasteiger partial charge in [-0.15, -0.1) is 5.73 Å². The van der Waals surface area contributed by atoms with Gasteiger partial charge in [0.1, 0.15) is 11.3 Å². The van der Waals surface area contributed by atoms with E-state index in [9.17, 15) is 0 Å². The lowest BCUT2D eigenvalue weighted by atomic mass is 10.0. The van der Waals surface area contributed by atoms with Crippen LogP contribution in [0.4, 0.5) is 0 Å². The van der Waals surface area contributed by atoms with Gasteiger partial charge in [0, 0.05) is 22.1 Å². The van der Waals surface area contributed by atoms with Crippen LogP contribution < -0.4 is 0 Å². The van der Waals surface area contributed by atoms with Crippen LogP contribution in [0.15, 0.2) is 71.3 Å². The topological polar surface area (TPSA) is 13.1 Å². The first-order valence-electron chi connectivity index (χ1n) is 6.25. The summed E-state index contributed by atoms with van der Waals surface area (Å²) in [4.78, 5) is 0. The smallest absolute Gasteiger partial charge is 0.143 e. The average molecular weight is 246 g/mol. The molecule has 19 heavy (non-hydrogen) atoms. The van der Waals surface area contributed by atoms with E-state index >= 15 is 0 Å². The summed E-state index contributed by atoms with van der Waals surface area (Å²) in [7, 11) is 0. The lowest BCUT2D eigenvalue weighted by Gasteiger charge is -2.01. The maximum atomic E-state index is 6.02. The number of hydrogen-bond acceptors (Lipinski definition) is 1. The number of benzene rings is 2. The second-order valence-corrected chi connectivity index (χ2v) is 4.47. The number of fused-ring (bicyclic) bond motifs is 1. The molecule has 0 unspecified atom stereocenters. The van der Waals surface area contributed by atoms with E-state index in [0.29, 0.717) is 0 Å². The molecule has 92 valence electrons. The predicted molar refractivity (Wildman–Crippen MR) is 79.9 cm³/mol. The van der Waals surface area contributed by atoms with Crippen molar-refractivity contribution < 1.29 is 4.42 Å². The minimum atomic E-state index is 0.885. The van der Waals surface area contributed by atoms with Gasteiger partial charge < -0.3 is 4.42 Å². The highest BCUT2D eigenvalue weighted by molar-refractivity contribution is 5.97. The SMILES string of the molecule is C=C=C(C)c1c(-c2ccccc2)oc2ccccc12. The molecular weight excluding hydrogens is 232 g/mol. The van der Waals surface area contributed by atoms with E-state index in [1.807, 2.05) is 43.3 Å². The third-order valence-corrected chi connectivity index (χ3v) is 3.27. The minimum Gasteiger partial charge on any atom is -0.455 e. The lowest BCUT2D eigenvalue weighted by molar-refractivity contribution is 0.630. The van der Waals surface area contributed by atoms with Gasteiger partial charge in [0.2, 0.25) is 0 Å². The zero-order chi connectivity index (χ0) is 13.2. The molecule has 3 aromatic rings. The molecule has 0 bridgehead atoms. The van der Waals surface area contributed by atoms with Crippen molar-refractivity contribution in [3.63, 3.8) is 0 Å². The van der Waals surface area contributed by atoms with Crippen molar-refractivity contribution in [3.05, 3.63) is 72.5 Å². The van der Waals surface area contributed by atoms with Crippen molar-refractivity contribution in [1.29, 1.82) is 0 Å². The highest BCUT2D eigenvalue weighted by atomic mass is 16.3. The van der Waals surface area contributed by atoms with Crippen LogP contribution in [0, 0.1) is 0 Å². The summed E-state index contributed by atoms with van der Waals surface area (Å²) in [5, 5.41) is 1.11. The lowest BCUT2D eigenvalue weighted by Crippen LogP contribution is -1.81. The predicted octanol–water partition coefficient (Wildman–Crippen LogP) is 5.29.